The molecule has 11 heteroatoms. The number of nitrogens with zero attached hydrogens (tertiary/aromatic N) is 5. The molecule has 0 aliphatic heterocycles. The van der Waals surface area contributed by atoms with Crippen LogP contribution in [-0.2, 0) is 0 Å². The lowest BCUT2D eigenvalue weighted by molar-refractivity contribution is 0.425. The molecule has 0 spiro atoms. The van der Waals surface area contributed by atoms with Gasteiger partial charge in [-0.1, -0.05) is 12.1 Å². The topological polar surface area (TPSA) is 96.8 Å². The highest BCUT2D eigenvalue weighted by Crippen LogP contribution is 2.16. The van der Waals surface area contributed by atoms with Crippen molar-refractivity contribution in [1.29, 1.82) is 0 Å². The summed E-state index contributed by atoms with van der Waals surface area (Å²) in [5.74, 6) is 1.26. The number of halogens is 2. The molecule has 3 N–H and O–H groups in total. The van der Waals surface area contributed by atoms with Gasteiger partial charge in [0.05, 0.1) is 11.9 Å². The molecule has 0 aliphatic rings. The zero-order valence-corrected chi connectivity index (χ0v) is 23.2. The molecule has 6 rings (SSSR count). The maximum absolute atomic E-state index is 12.9. The number of hydrogen-bond acceptors (Lipinski definition) is 4. The second kappa shape index (κ2) is 13.1. The van der Waals surface area contributed by atoms with Crippen molar-refractivity contribution >= 4 is 12.6 Å². The molecule has 0 aliphatic carbocycles. The minimum Gasteiger partial charge on any atom is -0.423 e. The predicted octanol–water partition coefficient (Wildman–Crippen LogP) is 4.74. The molecule has 0 saturated heterocycles. The fourth-order valence-electron chi connectivity index (χ4n) is 4.26. The number of nitrogens with one attached hydrogen (secondary N) is 1. The number of aryl methyl sites for hydroxylation is 4. The first-order valence-corrected chi connectivity index (χ1v) is 12.9. The lowest BCUT2D eigenvalue weighted by Gasteiger charge is -2.05. The molecule has 0 radical (unpaired) electrons. The molecule has 0 saturated carbocycles. The molecule has 0 fully saturated rings. The number of benzene rings is 2. The van der Waals surface area contributed by atoms with Gasteiger partial charge in [0.2, 0.25) is 0 Å². The zero-order valence-electron chi connectivity index (χ0n) is 23.2. The predicted molar refractivity (Wildman–Crippen MR) is 156 cm³/mol. The minimum atomic E-state index is -1.51. The molecule has 210 valence electrons. The number of aromatic amines is 1. The maximum Gasteiger partial charge on any atom is 0.488 e. The van der Waals surface area contributed by atoms with Gasteiger partial charge in [-0.05, 0) is 93.8 Å². The van der Waals surface area contributed by atoms with Crippen molar-refractivity contribution in [2.75, 3.05) is 0 Å². The molecule has 4 aromatic heterocycles. The fourth-order valence-corrected chi connectivity index (χ4v) is 4.26. The van der Waals surface area contributed by atoms with E-state index in [1.165, 1.54) is 47.8 Å². The first-order valence-electron chi connectivity index (χ1n) is 12.9. The van der Waals surface area contributed by atoms with Crippen LogP contribution in [0.4, 0.5) is 8.78 Å². The lowest BCUT2D eigenvalue weighted by atomic mass is 9.80. The van der Waals surface area contributed by atoms with Gasteiger partial charge in [0, 0.05) is 41.1 Å². The molecule has 0 bridgehead atoms. The van der Waals surface area contributed by atoms with Crippen LogP contribution >= 0.6 is 0 Å². The Morgan fingerprint density at radius 3 is 1.66 bits per heavy atom. The summed E-state index contributed by atoms with van der Waals surface area (Å²) in [6.45, 7) is 8.25. The van der Waals surface area contributed by atoms with E-state index in [0.717, 1.165) is 28.7 Å². The van der Waals surface area contributed by atoms with Crippen LogP contribution in [0.5, 0.6) is 0 Å². The average Bonchev–Trinajstić information content (AvgIpc) is 3.75. The summed E-state index contributed by atoms with van der Waals surface area (Å²) in [4.78, 5) is 0. The van der Waals surface area contributed by atoms with Crippen LogP contribution in [0.1, 0.15) is 22.8 Å². The minimum absolute atomic E-state index is 0.242. The Labute approximate surface area is 237 Å². The van der Waals surface area contributed by atoms with E-state index in [1.54, 1.807) is 23.0 Å². The van der Waals surface area contributed by atoms with Gasteiger partial charge in [-0.25, -0.2) is 13.5 Å². The highest BCUT2D eigenvalue weighted by Gasteiger charge is 2.09. The molecular formula is C30H31BF2N6O2. The second-order valence-corrected chi connectivity index (χ2v) is 9.37. The Kier molecular flexibility index (Phi) is 9.33. The summed E-state index contributed by atoms with van der Waals surface area (Å²) < 4.78 is 31.0. The van der Waals surface area contributed by atoms with Gasteiger partial charge in [0.25, 0.3) is 0 Å². The van der Waals surface area contributed by atoms with Crippen molar-refractivity contribution in [3.63, 3.8) is 0 Å². The number of hydrogen-bond donors (Lipinski definition) is 3. The van der Waals surface area contributed by atoms with Gasteiger partial charge < -0.3 is 19.2 Å². The highest BCUT2D eigenvalue weighted by molar-refractivity contribution is 6.58. The molecule has 8 nitrogen and oxygen atoms in total. The van der Waals surface area contributed by atoms with Crippen molar-refractivity contribution in [2.45, 2.75) is 27.7 Å². The SMILES string of the molecule is Cc1ccc(C)n1-c1ccn(-c2ccc(F)cc2)n1.Cc1ccc(C)n1-c1ccn[nH]1.OB(O)c1ccc(F)cc1. The molecule has 0 amide bonds. The van der Waals surface area contributed by atoms with Gasteiger partial charge in [0.1, 0.15) is 17.5 Å². The summed E-state index contributed by atoms with van der Waals surface area (Å²) in [5.41, 5.74) is 5.86. The van der Waals surface area contributed by atoms with E-state index in [4.69, 9.17) is 10.0 Å². The van der Waals surface area contributed by atoms with Crippen molar-refractivity contribution in [2.24, 2.45) is 0 Å². The normalized spacial score (nSPS) is 10.4. The summed E-state index contributed by atoms with van der Waals surface area (Å²) in [7, 11) is -1.51. The fraction of sp³-hybridized carbons (Fsp3) is 0.133. The Hall–Kier alpha value is -4.74. The van der Waals surface area contributed by atoms with Crippen LogP contribution in [0.3, 0.4) is 0 Å². The molecular weight excluding hydrogens is 525 g/mol. The molecule has 41 heavy (non-hydrogen) atoms. The molecule has 6 aromatic rings. The van der Waals surface area contributed by atoms with E-state index >= 15 is 0 Å². The van der Waals surface area contributed by atoms with E-state index in [9.17, 15) is 8.78 Å². The molecule has 0 atom stereocenters. The number of H-pyrrole nitrogens is 1. The van der Waals surface area contributed by atoms with Crippen LogP contribution in [0.2, 0.25) is 0 Å². The van der Waals surface area contributed by atoms with E-state index in [-0.39, 0.29) is 11.6 Å². The van der Waals surface area contributed by atoms with Crippen molar-refractivity contribution < 1.29 is 18.8 Å². The smallest absolute Gasteiger partial charge is 0.423 e. The quantitative estimate of drug-likeness (QED) is 0.274. The van der Waals surface area contributed by atoms with E-state index in [1.807, 2.05) is 32.2 Å². The largest absolute Gasteiger partial charge is 0.488 e. The Morgan fingerprint density at radius 1 is 0.659 bits per heavy atom. The van der Waals surface area contributed by atoms with Crippen molar-refractivity contribution in [3.8, 4) is 17.3 Å². The summed E-state index contributed by atoms with van der Waals surface area (Å²) in [5, 5.41) is 28.5. The van der Waals surface area contributed by atoms with Crippen molar-refractivity contribution in [3.05, 3.63) is 132 Å². The van der Waals surface area contributed by atoms with Gasteiger partial charge in [-0.3, -0.25) is 5.10 Å². The Morgan fingerprint density at radius 2 is 1.17 bits per heavy atom. The zero-order chi connectivity index (χ0) is 29.5. The van der Waals surface area contributed by atoms with Crippen molar-refractivity contribution in [1.82, 2.24) is 29.1 Å². The highest BCUT2D eigenvalue weighted by atomic mass is 19.1. The Balaban J connectivity index is 0.000000152. The summed E-state index contributed by atoms with van der Waals surface area (Å²) >= 11 is 0. The first-order chi connectivity index (χ1) is 19.6. The standard InChI is InChI=1S/C15H14FN3.C9H11N3.C6H6BFO2/c1-11-3-4-12(2)19(11)15-9-10-18(17-15)14-7-5-13(16)6-8-14;1-7-3-4-8(2)12(7)9-5-6-10-11-9;8-6-3-1-5(2-4-6)7(9)10/h3-10H,1-2H3;3-6H,1-2H3,(H,10,11);1-4,9-10H. The van der Waals surface area contributed by atoms with Gasteiger partial charge >= 0.3 is 7.12 Å². The maximum atomic E-state index is 12.9. The van der Waals surface area contributed by atoms with E-state index in [2.05, 4.69) is 62.5 Å². The second-order valence-electron chi connectivity index (χ2n) is 9.37. The first kappa shape index (κ1) is 29.3. The van der Waals surface area contributed by atoms with Gasteiger partial charge in [-0.15, -0.1) is 5.10 Å². The third-order valence-corrected chi connectivity index (χ3v) is 6.33. The van der Waals surface area contributed by atoms with Crippen LogP contribution < -0.4 is 5.46 Å². The van der Waals surface area contributed by atoms with Crippen LogP contribution in [0.25, 0.3) is 17.3 Å². The third kappa shape index (κ3) is 7.27. The Bertz CT molecular complexity index is 1630. The summed E-state index contributed by atoms with van der Waals surface area (Å²) in [6, 6.07) is 23.5. The molecule has 4 heterocycles. The lowest BCUT2D eigenvalue weighted by Crippen LogP contribution is -2.29. The molecule has 0 unspecified atom stereocenters. The van der Waals surface area contributed by atoms with Crippen LogP contribution in [-0.4, -0.2) is 46.3 Å². The van der Waals surface area contributed by atoms with E-state index in [0.29, 0.717) is 5.46 Å². The third-order valence-electron chi connectivity index (χ3n) is 6.33. The van der Waals surface area contributed by atoms with Crippen LogP contribution in [0, 0.1) is 39.3 Å². The average molecular weight is 556 g/mol. The van der Waals surface area contributed by atoms with Crippen LogP contribution in [0.15, 0.2) is 97.3 Å². The van der Waals surface area contributed by atoms with Gasteiger partial charge in [0.15, 0.2) is 5.82 Å². The number of aromatic nitrogens is 6. The van der Waals surface area contributed by atoms with Gasteiger partial charge in [-0.2, -0.15) is 5.10 Å². The van der Waals surface area contributed by atoms with E-state index < -0.39 is 7.12 Å². The number of rotatable bonds is 4. The monoisotopic (exact) mass is 556 g/mol. The molecule has 2 aromatic carbocycles. The summed E-state index contributed by atoms with van der Waals surface area (Å²) in [6.07, 6.45) is 3.63.